The fourth-order valence-electron chi connectivity index (χ4n) is 3.05. The van der Waals surface area contributed by atoms with Crippen molar-refractivity contribution >= 4 is 11.8 Å². The van der Waals surface area contributed by atoms with Crippen LogP contribution in [0, 0.1) is 17.8 Å². The van der Waals surface area contributed by atoms with Crippen LogP contribution in [0.2, 0.25) is 0 Å². The molecule has 92 valence electrons. The van der Waals surface area contributed by atoms with E-state index < -0.39 is 0 Å². The van der Waals surface area contributed by atoms with Crippen LogP contribution in [0.25, 0.3) is 0 Å². The van der Waals surface area contributed by atoms with E-state index in [0.717, 1.165) is 36.5 Å². The van der Waals surface area contributed by atoms with Crippen molar-refractivity contribution in [1.29, 1.82) is 0 Å². The molecule has 2 rings (SSSR count). The predicted molar refractivity (Wildman–Crippen MR) is 70.7 cm³/mol. The van der Waals surface area contributed by atoms with Crippen LogP contribution in [-0.2, 0) is 0 Å². The summed E-state index contributed by atoms with van der Waals surface area (Å²) in [6.45, 7) is 1.44. The minimum Gasteiger partial charge on any atom is -0.396 e. The van der Waals surface area contributed by atoms with Gasteiger partial charge in [-0.3, -0.25) is 0 Å². The van der Waals surface area contributed by atoms with E-state index in [1.807, 2.05) is 11.8 Å². The molecule has 16 heavy (non-hydrogen) atoms. The SMILES string of the molecule is CSC[C@@H](CCO)NC[C@H]1C[C@H]2C=C[C@H]1C2. The van der Waals surface area contributed by atoms with Crippen LogP contribution in [0.15, 0.2) is 12.2 Å². The van der Waals surface area contributed by atoms with E-state index in [1.165, 1.54) is 12.8 Å². The van der Waals surface area contributed by atoms with Crippen molar-refractivity contribution in [2.24, 2.45) is 17.8 Å². The topological polar surface area (TPSA) is 32.3 Å². The number of allylic oxidation sites excluding steroid dienone is 2. The van der Waals surface area contributed by atoms with Gasteiger partial charge in [0.25, 0.3) is 0 Å². The minimum atomic E-state index is 0.300. The summed E-state index contributed by atoms with van der Waals surface area (Å²) < 4.78 is 0. The van der Waals surface area contributed by atoms with Crippen molar-refractivity contribution in [1.82, 2.24) is 5.32 Å². The summed E-state index contributed by atoms with van der Waals surface area (Å²) in [7, 11) is 0. The lowest BCUT2D eigenvalue weighted by Gasteiger charge is -2.23. The molecule has 0 heterocycles. The van der Waals surface area contributed by atoms with Gasteiger partial charge in [-0.25, -0.2) is 0 Å². The molecule has 0 aromatic rings. The maximum absolute atomic E-state index is 9.00. The van der Waals surface area contributed by atoms with E-state index >= 15 is 0 Å². The highest BCUT2D eigenvalue weighted by atomic mass is 32.2. The summed E-state index contributed by atoms with van der Waals surface area (Å²) in [5.74, 6) is 3.66. The Bertz CT molecular complexity index is 238. The van der Waals surface area contributed by atoms with Gasteiger partial charge in [0.1, 0.15) is 0 Å². The summed E-state index contributed by atoms with van der Waals surface area (Å²) in [4.78, 5) is 0. The molecule has 1 saturated carbocycles. The number of thioether (sulfide) groups is 1. The van der Waals surface area contributed by atoms with Crippen LogP contribution in [0.4, 0.5) is 0 Å². The van der Waals surface area contributed by atoms with Crippen LogP contribution < -0.4 is 5.32 Å². The Morgan fingerprint density at radius 1 is 1.44 bits per heavy atom. The van der Waals surface area contributed by atoms with Gasteiger partial charge in [-0.15, -0.1) is 0 Å². The Morgan fingerprint density at radius 2 is 2.31 bits per heavy atom. The summed E-state index contributed by atoms with van der Waals surface area (Å²) >= 11 is 1.86. The number of fused-ring (bicyclic) bond motifs is 2. The highest BCUT2D eigenvalue weighted by Gasteiger charge is 2.35. The molecule has 4 atom stereocenters. The van der Waals surface area contributed by atoms with Gasteiger partial charge in [0, 0.05) is 18.4 Å². The molecule has 2 N–H and O–H groups in total. The largest absolute Gasteiger partial charge is 0.396 e. The number of aliphatic hydroxyl groups is 1. The Morgan fingerprint density at radius 3 is 2.88 bits per heavy atom. The zero-order valence-electron chi connectivity index (χ0n) is 10.1. The monoisotopic (exact) mass is 241 g/mol. The highest BCUT2D eigenvalue weighted by Crippen LogP contribution is 2.42. The third-order valence-corrected chi connectivity index (χ3v) is 4.67. The van der Waals surface area contributed by atoms with Crippen molar-refractivity contribution in [2.45, 2.75) is 25.3 Å². The summed E-state index contributed by atoms with van der Waals surface area (Å²) in [6, 6.07) is 0.489. The maximum Gasteiger partial charge on any atom is 0.0446 e. The Balaban J connectivity index is 1.71. The van der Waals surface area contributed by atoms with Crippen molar-refractivity contribution in [3.05, 3.63) is 12.2 Å². The first-order valence-electron chi connectivity index (χ1n) is 6.35. The molecule has 0 aromatic carbocycles. The number of aliphatic hydroxyl groups excluding tert-OH is 1. The average molecular weight is 241 g/mol. The second-order valence-electron chi connectivity index (χ2n) is 5.11. The molecule has 0 saturated heterocycles. The van der Waals surface area contributed by atoms with Crippen LogP contribution in [0.1, 0.15) is 19.3 Å². The molecule has 1 fully saturated rings. The lowest BCUT2D eigenvalue weighted by molar-refractivity contribution is 0.265. The van der Waals surface area contributed by atoms with E-state index in [4.69, 9.17) is 5.11 Å². The normalized spacial score (nSPS) is 33.5. The van der Waals surface area contributed by atoms with Crippen LogP contribution >= 0.6 is 11.8 Å². The first kappa shape index (κ1) is 12.5. The molecular weight excluding hydrogens is 218 g/mol. The lowest BCUT2D eigenvalue weighted by atomic mass is 9.93. The molecule has 0 aromatic heterocycles. The quantitative estimate of drug-likeness (QED) is 0.668. The second-order valence-corrected chi connectivity index (χ2v) is 6.02. The molecule has 2 nitrogen and oxygen atoms in total. The first-order chi connectivity index (χ1) is 7.83. The predicted octanol–water partition coefficient (Wildman–Crippen LogP) is 1.90. The summed E-state index contributed by atoms with van der Waals surface area (Å²) in [5, 5.41) is 12.6. The van der Waals surface area contributed by atoms with E-state index in [0.29, 0.717) is 12.6 Å². The Labute approximate surface area is 103 Å². The van der Waals surface area contributed by atoms with Gasteiger partial charge in [0.2, 0.25) is 0 Å². The molecule has 3 heteroatoms. The molecule has 0 unspecified atom stereocenters. The summed E-state index contributed by atoms with van der Waals surface area (Å²) in [5.41, 5.74) is 0. The van der Waals surface area contributed by atoms with E-state index in [9.17, 15) is 0 Å². The van der Waals surface area contributed by atoms with Crippen molar-refractivity contribution in [3.8, 4) is 0 Å². The number of rotatable bonds is 7. The molecule has 0 radical (unpaired) electrons. The Kier molecular flexibility index (Phi) is 4.74. The van der Waals surface area contributed by atoms with Crippen molar-refractivity contribution in [3.63, 3.8) is 0 Å². The standard InChI is InChI=1S/C13H23NOS/c1-16-9-13(4-5-15)14-8-12-7-10-2-3-11(12)6-10/h2-3,10-15H,4-9H2,1H3/t10-,11-,12+,13+/m0/s1. The van der Waals surface area contributed by atoms with Crippen LogP contribution in [-0.4, -0.2) is 36.3 Å². The molecule has 0 amide bonds. The molecule has 2 aliphatic rings. The van der Waals surface area contributed by atoms with E-state index in [1.54, 1.807) is 0 Å². The van der Waals surface area contributed by atoms with Crippen molar-refractivity contribution < 1.29 is 5.11 Å². The summed E-state index contributed by atoms with van der Waals surface area (Å²) in [6.07, 6.45) is 10.6. The van der Waals surface area contributed by atoms with Gasteiger partial charge in [-0.1, -0.05) is 12.2 Å². The molecule has 2 aliphatic carbocycles. The van der Waals surface area contributed by atoms with Gasteiger partial charge >= 0.3 is 0 Å². The third-order valence-electron chi connectivity index (χ3n) is 3.93. The van der Waals surface area contributed by atoms with Gasteiger partial charge in [-0.05, 0) is 49.8 Å². The zero-order chi connectivity index (χ0) is 11.4. The van der Waals surface area contributed by atoms with Crippen LogP contribution in [0.5, 0.6) is 0 Å². The molecule has 0 aliphatic heterocycles. The van der Waals surface area contributed by atoms with Gasteiger partial charge in [0.05, 0.1) is 0 Å². The van der Waals surface area contributed by atoms with Crippen molar-refractivity contribution in [2.75, 3.05) is 25.2 Å². The number of hydrogen-bond donors (Lipinski definition) is 2. The van der Waals surface area contributed by atoms with E-state index in [-0.39, 0.29) is 0 Å². The van der Waals surface area contributed by atoms with Crippen LogP contribution in [0.3, 0.4) is 0 Å². The Hall–Kier alpha value is 0.0100. The minimum absolute atomic E-state index is 0.300. The fourth-order valence-corrected chi connectivity index (χ4v) is 3.74. The third kappa shape index (κ3) is 3.02. The average Bonchev–Trinajstić information content (AvgIpc) is 2.88. The fraction of sp³-hybridized carbons (Fsp3) is 0.846. The second kappa shape index (κ2) is 6.08. The highest BCUT2D eigenvalue weighted by molar-refractivity contribution is 7.98. The zero-order valence-corrected chi connectivity index (χ0v) is 10.9. The maximum atomic E-state index is 9.00. The first-order valence-corrected chi connectivity index (χ1v) is 7.74. The molecule has 2 bridgehead atoms. The molecule has 0 spiro atoms. The lowest BCUT2D eigenvalue weighted by Crippen LogP contribution is -2.37. The van der Waals surface area contributed by atoms with Gasteiger partial charge < -0.3 is 10.4 Å². The van der Waals surface area contributed by atoms with Gasteiger partial charge in [-0.2, -0.15) is 11.8 Å². The van der Waals surface area contributed by atoms with E-state index in [2.05, 4.69) is 23.7 Å². The van der Waals surface area contributed by atoms with Gasteiger partial charge in [0.15, 0.2) is 0 Å². The number of hydrogen-bond acceptors (Lipinski definition) is 3. The smallest absolute Gasteiger partial charge is 0.0446 e. The number of nitrogens with one attached hydrogen (secondary N) is 1. The molecular formula is C13H23NOS.